The highest BCUT2D eigenvalue weighted by atomic mass is 14.3. The molecule has 6 aromatic carbocycles. The highest BCUT2D eigenvalue weighted by Gasteiger charge is 2.29. The predicted octanol–water partition coefficient (Wildman–Crippen LogP) is 32.0. The number of fused-ring (bicyclic) bond motifs is 4. The van der Waals surface area contributed by atoms with Gasteiger partial charge in [0.1, 0.15) is 0 Å². The second-order valence-corrected chi connectivity index (χ2v) is 15.0. The summed E-state index contributed by atoms with van der Waals surface area (Å²) < 4.78 is 0. The minimum atomic E-state index is 1.42. The molecule has 82 heavy (non-hydrogen) atoms. The fourth-order valence-corrected chi connectivity index (χ4v) is 9.38. The molecule has 0 N–H and O–H groups in total. The third-order valence-electron chi connectivity index (χ3n) is 13.5. The molecule has 0 bridgehead atoms. The zero-order valence-corrected chi connectivity index (χ0v) is 68.0. The van der Waals surface area contributed by atoms with E-state index in [0.717, 1.165) is 0 Å². The third kappa shape index (κ3) is 26.3. The lowest BCUT2D eigenvalue weighted by Crippen LogP contribution is -2.07. The van der Waals surface area contributed by atoms with Crippen molar-refractivity contribution in [2.75, 3.05) is 0 Å². The van der Waals surface area contributed by atoms with Gasteiger partial charge in [-0.1, -0.05) is 249 Å². The van der Waals surface area contributed by atoms with E-state index in [2.05, 4.69) is 125 Å². The summed E-state index contributed by atoms with van der Waals surface area (Å²) in [5.74, 6) is 0. The molecule has 0 radical (unpaired) electrons. The summed E-state index contributed by atoms with van der Waals surface area (Å²) in [4.78, 5) is 0. The van der Waals surface area contributed by atoms with Gasteiger partial charge in [-0.25, -0.2) is 0 Å². The van der Waals surface area contributed by atoms with E-state index in [1.807, 2.05) is 249 Å². The molecule has 0 aliphatic carbocycles. The maximum Gasteiger partial charge on any atom is -0.000818 e. The average Bonchev–Trinajstić information content (AvgIpc) is 3.58. The summed E-state index contributed by atoms with van der Waals surface area (Å²) in [7, 11) is 0. The van der Waals surface area contributed by atoms with Crippen molar-refractivity contribution in [1.82, 2.24) is 0 Å². The van der Waals surface area contributed by atoms with Crippen molar-refractivity contribution >= 4 is 43.1 Å². The number of rotatable bonds is 1. The summed E-state index contributed by atoms with van der Waals surface area (Å²) in [6, 6.07) is 0. The van der Waals surface area contributed by atoms with Crippen LogP contribution in [-0.4, -0.2) is 0 Å². The Kier molecular flexibility index (Phi) is 93.5. The quantitative estimate of drug-likeness (QED) is 0.144. The lowest BCUT2D eigenvalue weighted by atomic mass is 9.74. The van der Waals surface area contributed by atoms with Gasteiger partial charge in [0.25, 0.3) is 0 Å². The van der Waals surface area contributed by atoms with Crippen molar-refractivity contribution in [2.24, 2.45) is 0 Å². The van der Waals surface area contributed by atoms with E-state index in [-0.39, 0.29) is 0 Å². The molecule has 0 heteroatoms. The minimum absolute atomic E-state index is 1.42. The van der Waals surface area contributed by atoms with Crippen molar-refractivity contribution in [2.45, 2.75) is 374 Å². The molecule has 0 nitrogen and oxygen atoms in total. The molecule has 0 unspecified atom stereocenters. The monoisotopic (exact) mass is 1150 g/mol. The van der Waals surface area contributed by atoms with E-state index in [1.54, 1.807) is 0 Å². The first kappa shape index (κ1) is 110. The smallest absolute Gasteiger partial charge is 0.000818 e. The standard InChI is InChI=1S/C46H54.18C2H6/c1-19-23(5)31(13)41-37(27(19)9)35(17)38-28(10)20(2)24(6)32(14)42(38)45(41)46-43-33(15)25(7)21(3)29(11)39(43)36(18)40-30(12)22(4)26(8)34(16)44(40)46;18*1-2/h1-18H3;18*1-2H3. The largest absolute Gasteiger partial charge is 0.0683 e. The van der Waals surface area contributed by atoms with Crippen LogP contribution >= 0.6 is 0 Å². The zero-order valence-electron chi connectivity index (χ0n) is 68.0. The fourth-order valence-electron chi connectivity index (χ4n) is 9.38. The van der Waals surface area contributed by atoms with Crippen molar-refractivity contribution in [3.05, 3.63) is 100 Å². The first-order chi connectivity index (χ1) is 39.4. The van der Waals surface area contributed by atoms with Crippen LogP contribution in [0.4, 0.5) is 0 Å². The summed E-state index contributed by atoms with van der Waals surface area (Å²) in [5, 5.41) is 11.6. The van der Waals surface area contributed by atoms with E-state index in [4.69, 9.17) is 0 Å². The third-order valence-corrected chi connectivity index (χ3v) is 13.5. The molecule has 0 saturated heterocycles. The van der Waals surface area contributed by atoms with E-state index in [9.17, 15) is 0 Å². The van der Waals surface area contributed by atoms with Gasteiger partial charge < -0.3 is 0 Å². The molecule has 0 spiro atoms. The van der Waals surface area contributed by atoms with Gasteiger partial charge in [-0.3, -0.25) is 0 Å². The van der Waals surface area contributed by atoms with Crippen LogP contribution in [0.1, 0.15) is 349 Å². The minimum Gasteiger partial charge on any atom is -0.0683 e. The van der Waals surface area contributed by atoms with Crippen LogP contribution < -0.4 is 0 Å². The first-order valence-electron chi connectivity index (χ1n) is 35.2. The van der Waals surface area contributed by atoms with Crippen LogP contribution in [0.15, 0.2) is 0 Å². The molecule has 0 aromatic heterocycles. The van der Waals surface area contributed by atoms with Crippen molar-refractivity contribution in [3.63, 3.8) is 0 Å². The highest BCUT2D eigenvalue weighted by Crippen LogP contribution is 2.53. The maximum absolute atomic E-state index is 2.40. The molecule has 0 aliphatic rings. The normalized spacial score (nSPS) is 8.12. The van der Waals surface area contributed by atoms with Crippen LogP contribution in [0.25, 0.3) is 54.2 Å². The lowest BCUT2D eigenvalue weighted by Gasteiger charge is -2.30. The van der Waals surface area contributed by atoms with E-state index >= 15 is 0 Å². The highest BCUT2D eigenvalue weighted by molar-refractivity contribution is 6.29. The number of hydrogen-bond donors (Lipinski definition) is 0. The summed E-state index contributed by atoms with van der Waals surface area (Å²) in [5.41, 5.74) is 28.5. The topological polar surface area (TPSA) is 0 Å². The molecule has 0 saturated carbocycles. The zero-order chi connectivity index (χ0) is 70.2. The van der Waals surface area contributed by atoms with Crippen molar-refractivity contribution in [3.8, 4) is 11.1 Å². The van der Waals surface area contributed by atoms with E-state index in [1.165, 1.54) is 154 Å². The SMILES string of the molecule is CC.CC.CC.CC.CC.CC.CC.CC.CC.CC.CC.CC.CC.CC.CC.CC.CC.CC.Cc1c(C)c(C)c2c(-c3c4c(C)c(C)c(C)c(C)c4c(C)c4c(C)c(C)c(C)c(C)c34)c3c(C)c(C)c(C)c(C)c3c(C)c2c1C. The fraction of sp³-hybridized carbons (Fsp3) is 0.659. The molecule has 0 amide bonds. The Morgan fingerprint density at radius 3 is 0.244 bits per heavy atom. The predicted molar refractivity (Wildman–Crippen MR) is 411 cm³/mol. The summed E-state index contributed by atoms with van der Waals surface area (Å²) in [6.45, 7) is 115. The van der Waals surface area contributed by atoms with Crippen LogP contribution in [0.5, 0.6) is 0 Å². The second-order valence-electron chi connectivity index (χ2n) is 15.0. The molecule has 0 heterocycles. The van der Waals surface area contributed by atoms with Gasteiger partial charge in [-0.15, -0.1) is 0 Å². The summed E-state index contributed by atoms with van der Waals surface area (Å²) >= 11 is 0. The average molecular weight is 1150 g/mol. The molecule has 490 valence electrons. The Balaban J connectivity index is -0.000000103. The van der Waals surface area contributed by atoms with Crippen molar-refractivity contribution < 1.29 is 0 Å². The molecular formula is C82H162. The molecule has 0 atom stereocenters. The Bertz CT molecular complexity index is 2070. The molecular weight excluding hydrogens is 985 g/mol. The van der Waals surface area contributed by atoms with E-state index in [0.29, 0.717) is 0 Å². The Labute approximate surface area is 525 Å². The van der Waals surface area contributed by atoms with Gasteiger partial charge in [-0.2, -0.15) is 0 Å². The van der Waals surface area contributed by atoms with Gasteiger partial charge in [0.05, 0.1) is 0 Å². The van der Waals surface area contributed by atoms with Gasteiger partial charge >= 0.3 is 0 Å². The van der Waals surface area contributed by atoms with Crippen LogP contribution in [0.3, 0.4) is 0 Å². The van der Waals surface area contributed by atoms with Gasteiger partial charge in [0, 0.05) is 0 Å². The molecule has 0 aliphatic heterocycles. The lowest BCUT2D eigenvalue weighted by molar-refractivity contribution is 1.23. The number of benzene rings is 6. The van der Waals surface area contributed by atoms with Gasteiger partial charge in [0.15, 0.2) is 0 Å². The Morgan fingerprint density at radius 2 is 0.159 bits per heavy atom. The summed E-state index contributed by atoms with van der Waals surface area (Å²) in [6.07, 6.45) is 0. The van der Waals surface area contributed by atoms with Crippen LogP contribution in [0, 0.1) is 125 Å². The van der Waals surface area contributed by atoms with Crippen LogP contribution in [-0.2, 0) is 0 Å². The van der Waals surface area contributed by atoms with Crippen LogP contribution in [0.2, 0.25) is 0 Å². The first-order valence-corrected chi connectivity index (χ1v) is 35.2. The molecule has 6 rings (SSSR count). The van der Waals surface area contributed by atoms with Crippen molar-refractivity contribution in [1.29, 1.82) is 0 Å². The number of hydrogen-bond acceptors (Lipinski definition) is 0. The van der Waals surface area contributed by atoms with Gasteiger partial charge in [-0.05, 0) is 279 Å². The van der Waals surface area contributed by atoms with Gasteiger partial charge in [0.2, 0.25) is 0 Å². The molecule has 0 fully saturated rings. The Morgan fingerprint density at radius 1 is 0.0854 bits per heavy atom. The van der Waals surface area contributed by atoms with E-state index < -0.39 is 0 Å². The number of aryl methyl sites for hydroxylation is 10. The maximum atomic E-state index is 2.40. The Hall–Kier alpha value is -3.64. The molecule has 6 aromatic rings. The second kappa shape index (κ2) is 69.9.